The largest absolute Gasteiger partial charge is 0.241 e. The lowest BCUT2D eigenvalue weighted by atomic mass is 10.1. The second-order valence-electron chi connectivity index (χ2n) is 4.61. The summed E-state index contributed by atoms with van der Waals surface area (Å²) in [5.41, 5.74) is 1.40. The zero-order valence-electron chi connectivity index (χ0n) is 11.2. The lowest BCUT2D eigenvalue weighted by Gasteiger charge is -1.99. The summed E-state index contributed by atoms with van der Waals surface area (Å²) >= 11 is 5.64. The van der Waals surface area contributed by atoms with Crippen LogP contribution < -0.4 is 0 Å². The van der Waals surface area contributed by atoms with Crippen LogP contribution in [0, 0.1) is 13.8 Å². The first-order valence-electron chi connectivity index (χ1n) is 6.21. The molecule has 19 heavy (non-hydrogen) atoms. The lowest BCUT2D eigenvalue weighted by Crippen LogP contribution is -1.87. The third-order valence-corrected chi connectivity index (χ3v) is 6.01. The van der Waals surface area contributed by atoms with E-state index in [9.17, 15) is 0 Å². The fourth-order valence-corrected chi connectivity index (χ4v) is 5.09. The van der Waals surface area contributed by atoms with Gasteiger partial charge in [0.1, 0.15) is 0 Å². The summed E-state index contributed by atoms with van der Waals surface area (Å²) in [6.45, 7) is 6.52. The predicted molar refractivity (Wildman–Crippen MR) is 91.3 cm³/mol. The zero-order chi connectivity index (χ0) is 13.4. The number of rotatable bonds is 2. The average Bonchev–Trinajstić information content (AvgIpc) is 3.05. The fourth-order valence-electron chi connectivity index (χ4n) is 2.07. The highest BCUT2D eigenvalue weighted by Crippen LogP contribution is 2.36. The summed E-state index contributed by atoms with van der Waals surface area (Å²) in [6, 6.07) is 8.92. The summed E-state index contributed by atoms with van der Waals surface area (Å²) in [7, 11) is 0. The Morgan fingerprint density at radius 2 is 1.42 bits per heavy atom. The van der Waals surface area contributed by atoms with Gasteiger partial charge in [-0.2, -0.15) is 0 Å². The van der Waals surface area contributed by atoms with Crippen molar-refractivity contribution >= 4 is 44.5 Å². The van der Waals surface area contributed by atoms with Crippen LogP contribution in [-0.2, 0) is 11.4 Å². The number of allylic oxidation sites excluding steroid dienone is 2. The molecule has 0 spiro atoms. The third kappa shape index (κ3) is 2.64. The molecule has 0 aliphatic carbocycles. The van der Waals surface area contributed by atoms with Gasteiger partial charge >= 0.3 is 0 Å². The van der Waals surface area contributed by atoms with Gasteiger partial charge in [0.15, 0.2) is 0 Å². The highest BCUT2D eigenvalue weighted by molar-refractivity contribution is 7.84. The maximum Gasteiger partial charge on any atom is 0.241 e. The molecule has 3 heteroatoms. The Labute approximate surface area is 126 Å². The van der Waals surface area contributed by atoms with Gasteiger partial charge in [0.2, 0.25) is 21.1 Å². The second kappa shape index (κ2) is 5.16. The highest BCUT2D eigenvalue weighted by atomic mass is 32.1. The minimum atomic E-state index is 1.37. The van der Waals surface area contributed by atoms with Crippen molar-refractivity contribution in [3.8, 4) is 0 Å². The minimum absolute atomic E-state index is 1.37. The van der Waals surface area contributed by atoms with Gasteiger partial charge in [0.25, 0.3) is 0 Å². The van der Waals surface area contributed by atoms with Gasteiger partial charge < -0.3 is 0 Å². The summed E-state index contributed by atoms with van der Waals surface area (Å²) in [5.74, 6) is 0. The van der Waals surface area contributed by atoms with Crippen LogP contribution in [0.15, 0.2) is 41.3 Å². The fraction of sp³-hybridized carbons (Fsp3) is 0.188. The van der Waals surface area contributed by atoms with E-state index in [4.69, 9.17) is 0 Å². The van der Waals surface area contributed by atoms with Gasteiger partial charge in [0, 0.05) is 38.6 Å². The van der Waals surface area contributed by atoms with Crippen LogP contribution in [0.5, 0.6) is 0 Å². The second-order valence-corrected chi connectivity index (χ2v) is 8.47. The predicted octanol–water partition coefficient (Wildman–Crippen LogP) is 5.03. The minimum Gasteiger partial charge on any atom is -0.140 e. The number of hydrogen-bond donors (Lipinski definition) is 0. The Balaban J connectivity index is 2.20. The molecule has 0 N–H and O–H groups in total. The molecule has 0 nitrogen and oxygen atoms in total. The van der Waals surface area contributed by atoms with Gasteiger partial charge in [-0.05, 0) is 38.1 Å². The molecular weight excluding hydrogens is 288 g/mol. The maximum atomic E-state index is 2.25. The molecule has 0 bridgehead atoms. The Hall–Kier alpha value is -1.03. The molecule has 1 aliphatic rings. The Bertz CT molecular complexity index is 666. The van der Waals surface area contributed by atoms with Crippen molar-refractivity contribution in [1.82, 2.24) is 0 Å². The Kier molecular flexibility index (Phi) is 3.52. The van der Waals surface area contributed by atoms with Gasteiger partial charge in [0.05, 0.1) is 5.57 Å². The topological polar surface area (TPSA) is 0 Å². The van der Waals surface area contributed by atoms with Crippen molar-refractivity contribution in [1.29, 1.82) is 0 Å². The normalized spacial score (nSPS) is 14.1. The number of thiophene rings is 2. The molecule has 0 aromatic carbocycles. The van der Waals surface area contributed by atoms with Gasteiger partial charge in [-0.15, -0.1) is 22.7 Å². The molecule has 0 atom stereocenters. The van der Waals surface area contributed by atoms with Gasteiger partial charge in [-0.1, -0.05) is 0 Å². The van der Waals surface area contributed by atoms with Crippen LogP contribution in [-0.4, -0.2) is 4.86 Å². The van der Waals surface area contributed by atoms with Crippen LogP contribution in [0.25, 0.3) is 5.57 Å². The molecule has 1 aliphatic heterocycles. The molecule has 2 aromatic rings. The van der Waals surface area contributed by atoms with Crippen molar-refractivity contribution in [3.63, 3.8) is 0 Å². The third-order valence-electron chi connectivity index (χ3n) is 2.96. The quantitative estimate of drug-likeness (QED) is 0.539. The highest BCUT2D eigenvalue weighted by Gasteiger charge is 2.24. The number of hydrogen-bond acceptors (Lipinski definition) is 2. The Morgan fingerprint density at radius 3 is 1.79 bits per heavy atom. The molecule has 0 fully saturated rings. The van der Waals surface area contributed by atoms with E-state index < -0.39 is 0 Å². The maximum absolute atomic E-state index is 2.25. The average molecular weight is 303 g/mol. The van der Waals surface area contributed by atoms with Crippen molar-refractivity contribution < 1.29 is 0 Å². The van der Waals surface area contributed by atoms with E-state index in [1.807, 2.05) is 34.0 Å². The van der Waals surface area contributed by atoms with E-state index in [1.165, 1.54) is 34.9 Å². The lowest BCUT2D eigenvalue weighted by molar-refractivity contribution is 1.64. The number of aryl methyl sites for hydroxylation is 2. The van der Waals surface area contributed by atoms with Crippen LogP contribution in [0.3, 0.4) is 0 Å². The molecular formula is C16H15S3+. The van der Waals surface area contributed by atoms with E-state index >= 15 is 0 Å². The van der Waals surface area contributed by atoms with Crippen LogP contribution in [0.4, 0.5) is 0 Å². The molecule has 0 unspecified atom stereocenters. The van der Waals surface area contributed by atoms with Crippen molar-refractivity contribution in [2.45, 2.75) is 20.8 Å². The van der Waals surface area contributed by atoms with E-state index in [0.717, 1.165) is 0 Å². The molecule has 3 rings (SSSR count). The van der Waals surface area contributed by atoms with E-state index in [1.54, 1.807) is 0 Å². The summed E-state index contributed by atoms with van der Waals surface area (Å²) < 4.78 is 0. The van der Waals surface area contributed by atoms with Crippen LogP contribution in [0.1, 0.15) is 26.4 Å². The van der Waals surface area contributed by atoms with E-state index in [2.05, 4.69) is 57.2 Å². The summed E-state index contributed by atoms with van der Waals surface area (Å²) in [5, 5.41) is 0. The van der Waals surface area contributed by atoms with Gasteiger partial charge in [-0.25, -0.2) is 0 Å². The van der Waals surface area contributed by atoms with Crippen molar-refractivity contribution in [2.24, 2.45) is 0 Å². The molecule has 0 saturated carbocycles. The van der Waals surface area contributed by atoms with Crippen molar-refractivity contribution in [2.75, 3.05) is 0 Å². The molecule has 0 amide bonds. The molecule has 0 radical (unpaired) electrons. The summed E-state index contributed by atoms with van der Waals surface area (Å²) in [4.78, 5) is 8.24. The first-order chi connectivity index (χ1) is 9.13. The van der Waals surface area contributed by atoms with E-state index in [0.29, 0.717) is 0 Å². The Morgan fingerprint density at radius 1 is 0.842 bits per heavy atom. The standard InChI is InChI=1S/C16H15S3/c1-10-4-7-13(17-10)16(14-8-5-11(2)18-14)15-9-6-12(3)19-15/h4-9H,1-3H3/q+1. The zero-order valence-corrected chi connectivity index (χ0v) is 13.6. The molecule has 3 heterocycles. The van der Waals surface area contributed by atoms with Crippen molar-refractivity contribution in [3.05, 3.63) is 60.8 Å². The first kappa shape index (κ1) is 13.0. The van der Waals surface area contributed by atoms with Crippen LogP contribution >= 0.6 is 22.7 Å². The van der Waals surface area contributed by atoms with Crippen LogP contribution in [0.2, 0.25) is 0 Å². The molecule has 0 saturated heterocycles. The van der Waals surface area contributed by atoms with E-state index in [-0.39, 0.29) is 0 Å². The first-order valence-corrected chi connectivity index (χ1v) is 8.66. The summed E-state index contributed by atoms with van der Waals surface area (Å²) in [6.07, 6.45) is 4.46. The monoisotopic (exact) mass is 303 g/mol. The smallest absolute Gasteiger partial charge is 0.140 e. The SMILES string of the molecule is CC1=[S+]C(=C(c2ccc(C)s2)c2ccc(C)s2)C=C1. The molecule has 2 aromatic heterocycles. The molecule has 96 valence electrons. The van der Waals surface area contributed by atoms with Gasteiger partial charge in [-0.3, -0.25) is 0 Å².